The predicted octanol–water partition coefficient (Wildman–Crippen LogP) is 2.92. The van der Waals surface area contributed by atoms with Crippen molar-refractivity contribution in [2.75, 3.05) is 0 Å². The molecule has 0 aliphatic carbocycles. The molecular formula is C8H4BrF3N2. The lowest BCUT2D eigenvalue weighted by Gasteiger charge is -2.04. The van der Waals surface area contributed by atoms with Gasteiger partial charge in [0.25, 0.3) is 6.43 Å². The summed E-state index contributed by atoms with van der Waals surface area (Å²) in [5.74, 6) is -1.23. The van der Waals surface area contributed by atoms with Crippen molar-refractivity contribution >= 4 is 15.9 Å². The number of hydrogen-bond acceptors (Lipinski definition) is 2. The summed E-state index contributed by atoms with van der Waals surface area (Å²) in [5.41, 5.74) is -0.765. The first kappa shape index (κ1) is 11.0. The molecule has 0 N–H and O–H groups in total. The molecule has 0 fully saturated rings. The van der Waals surface area contributed by atoms with Gasteiger partial charge in [0.15, 0.2) is 0 Å². The fraction of sp³-hybridized carbons (Fsp3) is 0.250. The van der Waals surface area contributed by atoms with Crippen LogP contribution in [0, 0.1) is 17.3 Å². The Labute approximate surface area is 86.5 Å². The van der Waals surface area contributed by atoms with Gasteiger partial charge in [0.05, 0.1) is 16.8 Å². The molecule has 6 heteroatoms. The second-order valence-electron chi connectivity index (χ2n) is 2.41. The summed E-state index contributed by atoms with van der Waals surface area (Å²) in [7, 11) is 0. The molecule has 14 heavy (non-hydrogen) atoms. The number of hydrogen-bond donors (Lipinski definition) is 0. The summed E-state index contributed by atoms with van der Waals surface area (Å²) >= 11 is 2.98. The van der Waals surface area contributed by atoms with Gasteiger partial charge in [-0.1, -0.05) is 15.9 Å². The third kappa shape index (κ3) is 2.04. The Bertz CT molecular complexity index is 387. The Morgan fingerprint density at radius 3 is 2.64 bits per heavy atom. The van der Waals surface area contributed by atoms with Crippen molar-refractivity contribution in [1.82, 2.24) is 4.98 Å². The van der Waals surface area contributed by atoms with E-state index in [4.69, 9.17) is 5.26 Å². The van der Waals surface area contributed by atoms with Crippen molar-refractivity contribution in [1.29, 1.82) is 5.26 Å². The second kappa shape index (κ2) is 4.42. The lowest BCUT2D eigenvalue weighted by molar-refractivity contribution is 0.145. The summed E-state index contributed by atoms with van der Waals surface area (Å²) in [6.45, 7) is 0. The van der Waals surface area contributed by atoms with E-state index in [-0.39, 0.29) is 16.6 Å². The normalized spacial score (nSPS) is 10.3. The summed E-state index contributed by atoms with van der Waals surface area (Å²) < 4.78 is 37.2. The van der Waals surface area contributed by atoms with Crippen LogP contribution in [0.15, 0.2) is 6.07 Å². The maximum absolute atomic E-state index is 12.9. The van der Waals surface area contributed by atoms with Gasteiger partial charge in [0, 0.05) is 5.33 Å². The lowest BCUT2D eigenvalue weighted by Crippen LogP contribution is -2.01. The maximum atomic E-state index is 12.9. The fourth-order valence-corrected chi connectivity index (χ4v) is 1.32. The molecule has 2 nitrogen and oxygen atoms in total. The summed E-state index contributed by atoms with van der Waals surface area (Å²) in [5, 5.41) is 8.72. The van der Waals surface area contributed by atoms with Gasteiger partial charge in [-0.05, 0) is 6.07 Å². The Kier molecular flexibility index (Phi) is 3.47. The highest BCUT2D eigenvalue weighted by Gasteiger charge is 2.17. The van der Waals surface area contributed by atoms with Gasteiger partial charge >= 0.3 is 0 Å². The van der Waals surface area contributed by atoms with Crippen LogP contribution in [0.5, 0.6) is 0 Å². The molecular weight excluding hydrogens is 261 g/mol. The van der Waals surface area contributed by atoms with E-state index in [1.54, 1.807) is 6.07 Å². The highest BCUT2D eigenvalue weighted by Crippen LogP contribution is 2.23. The van der Waals surface area contributed by atoms with Crippen molar-refractivity contribution in [3.8, 4) is 6.07 Å². The molecule has 1 aromatic heterocycles. The van der Waals surface area contributed by atoms with E-state index < -0.39 is 17.9 Å². The Morgan fingerprint density at radius 2 is 2.21 bits per heavy atom. The third-order valence-corrected chi connectivity index (χ3v) is 2.10. The van der Waals surface area contributed by atoms with Gasteiger partial charge in [0.2, 0.25) is 5.95 Å². The number of pyridine rings is 1. The molecule has 0 amide bonds. The standard InChI is InChI=1S/C8H4BrF3N2/c9-2-6-4(3-13)1-5(7(10)11)8(12)14-6/h1,7H,2H2. The molecule has 0 bridgehead atoms. The summed E-state index contributed by atoms with van der Waals surface area (Å²) in [4.78, 5) is 3.27. The topological polar surface area (TPSA) is 36.7 Å². The van der Waals surface area contributed by atoms with Gasteiger partial charge in [-0.25, -0.2) is 13.8 Å². The molecule has 0 aliphatic heterocycles. The first-order valence-corrected chi connectivity index (χ1v) is 4.65. The molecule has 0 unspecified atom stereocenters. The van der Waals surface area contributed by atoms with Gasteiger partial charge in [0.1, 0.15) is 6.07 Å². The number of nitrogens with zero attached hydrogens (tertiary/aromatic N) is 2. The minimum atomic E-state index is -2.96. The zero-order valence-electron chi connectivity index (χ0n) is 6.77. The molecule has 0 aromatic carbocycles. The van der Waals surface area contributed by atoms with Crippen LogP contribution < -0.4 is 0 Å². The molecule has 1 aromatic rings. The van der Waals surface area contributed by atoms with Crippen LogP contribution in [0.3, 0.4) is 0 Å². The SMILES string of the molecule is N#Cc1cc(C(F)F)c(F)nc1CBr. The highest BCUT2D eigenvalue weighted by molar-refractivity contribution is 9.08. The maximum Gasteiger partial charge on any atom is 0.268 e. The monoisotopic (exact) mass is 264 g/mol. The Hall–Kier alpha value is -1.09. The fourth-order valence-electron chi connectivity index (χ4n) is 0.893. The van der Waals surface area contributed by atoms with Crippen LogP contribution in [-0.2, 0) is 5.33 Å². The van der Waals surface area contributed by atoms with Crippen LogP contribution >= 0.6 is 15.9 Å². The number of alkyl halides is 3. The van der Waals surface area contributed by atoms with E-state index in [1.807, 2.05) is 0 Å². The Balaban J connectivity index is 3.32. The van der Waals surface area contributed by atoms with Gasteiger partial charge in [-0.2, -0.15) is 9.65 Å². The summed E-state index contributed by atoms with van der Waals surface area (Å²) in [6, 6.07) is 2.50. The first-order chi connectivity index (χ1) is 6.60. The van der Waals surface area contributed by atoms with Crippen LogP contribution in [0.4, 0.5) is 13.2 Å². The molecule has 1 rings (SSSR count). The third-order valence-electron chi connectivity index (χ3n) is 1.56. The molecule has 0 spiro atoms. The quantitative estimate of drug-likeness (QED) is 0.609. The minimum Gasteiger partial charge on any atom is -0.222 e. The largest absolute Gasteiger partial charge is 0.268 e. The Morgan fingerprint density at radius 1 is 1.57 bits per heavy atom. The van der Waals surface area contributed by atoms with Crippen LogP contribution in [0.2, 0.25) is 0 Å². The molecule has 0 radical (unpaired) electrons. The minimum absolute atomic E-state index is 0.0430. The number of halogens is 4. The van der Waals surface area contributed by atoms with E-state index in [9.17, 15) is 13.2 Å². The van der Waals surface area contributed by atoms with Crippen molar-refractivity contribution in [3.63, 3.8) is 0 Å². The van der Waals surface area contributed by atoms with E-state index in [0.717, 1.165) is 6.07 Å². The van der Waals surface area contributed by atoms with Crippen molar-refractivity contribution in [2.45, 2.75) is 11.8 Å². The highest BCUT2D eigenvalue weighted by atomic mass is 79.9. The average molecular weight is 265 g/mol. The van der Waals surface area contributed by atoms with Crippen LogP contribution in [-0.4, -0.2) is 4.98 Å². The molecule has 0 atom stereocenters. The van der Waals surface area contributed by atoms with Crippen molar-refractivity contribution < 1.29 is 13.2 Å². The van der Waals surface area contributed by atoms with E-state index in [0.29, 0.717) is 0 Å². The average Bonchev–Trinajstić information content (AvgIpc) is 2.16. The molecule has 0 saturated carbocycles. The van der Waals surface area contributed by atoms with E-state index in [2.05, 4.69) is 20.9 Å². The van der Waals surface area contributed by atoms with Crippen LogP contribution in [0.25, 0.3) is 0 Å². The zero-order chi connectivity index (χ0) is 10.7. The molecule has 0 saturated heterocycles. The molecule has 1 heterocycles. The van der Waals surface area contributed by atoms with Gasteiger partial charge in [-0.15, -0.1) is 0 Å². The smallest absolute Gasteiger partial charge is 0.222 e. The van der Waals surface area contributed by atoms with Gasteiger partial charge < -0.3 is 0 Å². The lowest BCUT2D eigenvalue weighted by atomic mass is 10.1. The van der Waals surface area contributed by atoms with E-state index >= 15 is 0 Å². The van der Waals surface area contributed by atoms with Crippen LogP contribution in [0.1, 0.15) is 23.2 Å². The van der Waals surface area contributed by atoms with Gasteiger partial charge in [-0.3, -0.25) is 0 Å². The molecule has 0 aliphatic rings. The zero-order valence-corrected chi connectivity index (χ0v) is 8.35. The number of nitriles is 1. The van der Waals surface area contributed by atoms with E-state index in [1.165, 1.54) is 0 Å². The summed E-state index contributed by atoms with van der Waals surface area (Å²) in [6.07, 6.45) is -2.96. The predicted molar refractivity (Wildman–Crippen MR) is 46.5 cm³/mol. The molecule has 74 valence electrons. The number of aromatic nitrogens is 1. The van der Waals surface area contributed by atoms with Crippen molar-refractivity contribution in [3.05, 3.63) is 28.8 Å². The first-order valence-electron chi connectivity index (χ1n) is 3.53. The second-order valence-corrected chi connectivity index (χ2v) is 2.97. The number of rotatable bonds is 2. The van der Waals surface area contributed by atoms with Crippen molar-refractivity contribution in [2.24, 2.45) is 0 Å².